The highest BCUT2D eigenvalue weighted by Crippen LogP contribution is 2.20. The van der Waals surface area contributed by atoms with Gasteiger partial charge in [0, 0.05) is 18.9 Å². The van der Waals surface area contributed by atoms with Gasteiger partial charge >= 0.3 is 6.18 Å². The van der Waals surface area contributed by atoms with Crippen LogP contribution in [-0.2, 0) is 0 Å². The standard InChI is InChI=1S/C13H15F4N3/c1-9(11-4-5-12(14)19-7-11)6-10(2)20(18-3)8-13(15,16)17/h4-7,18H,1,8H2,2-3H3/b10-6+. The second kappa shape index (κ2) is 6.51. The van der Waals surface area contributed by atoms with E-state index in [-0.39, 0.29) is 0 Å². The lowest BCUT2D eigenvalue weighted by molar-refractivity contribution is -0.146. The van der Waals surface area contributed by atoms with E-state index < -0.39 is 18.7 Å². The number of aromatic nitrogens is 1. The number of hydrazine groups is 1. The Bertz CT molecular complexity index is 491. The van der Waals surface area contributed by atoms with Gasteiger partial charge in [-0.15, -0.1) is 0 Å². The van der Waals surface area contributed by atoms with Crippen molar-refractivity contribution in [2.24, 2.45) is 0 Å². The zero-order valence-corrected chi connectivity index (χ0v) is 11.1. The van der Waals surface area contributed by atoms with Crippen LogP contribution in [0.4, 0.5) is 17.6 Å². The van der Waals surface area contributed by atoms with Gasteiger partial charge in [0.1, 0.15) is 6.54 Å². The topological polar surface area (TPSA) is 28.2 Å². The number of nitrogens with one attached hydrogen (secondary N) is 1. The third kappa shape index (κ3) is 5.00. The summed E-state index contributed by atoms with van der Waals surface area (Å²) in [6.07, 6.45) is -1.58. The average molecular weight is 289 g/mol. The van der Waals surface area contributed by atoms with E-state index in [4.69, 9.17) is 0 Å². The smallest absolute Gasteiger partial charge is 0.304 e. The van der Waals surface area contributed by atoms with E-state index in [1.165, 1.54) is 32.3 Å². The predicted octanol–water partition coefficient (Wildman–Crippen LogP) is 3.14. The minimum absolute atomic E-state index is 0.333. The first kappa shape index (κ1) is 16.2. The molecule has 1 aromatic heterocycles. The fourth-order valence-electron chi connectivity index (χ4n) is 1.54. The number of allylic oxidation sites excluding steroid dienone is 3. The molecule has 110 valence electrons. The highest BCUT2D eigenvalue weighted by Gasteiger charge is 2.30. The molecular weight excluding hydrogens is 274 g/mol. The molecule has 0 aromatic carbocycles. The average Bonchev–Trinajstić information content (AvgIpc) is 2.35. The Kier molecular flexibility index (Phi) is 5.26. The first-order valence-corrected chi connectivity index (χ1v) is 5.73. The normalized spacial score (nSPS) is 12.4. The van der Waals surface area contributed by atoms with E-state index >= 15 is 0 Å². The van der Waals surface area contributed by atoms with Crippen LogP contribution < -0.4 is 5.43 Å². The zero-order valence-electron chi connectivity index (χ0n) is 11.1. The van der Waals surface area contributed by atoms with Crippen LogP contribution in [0.5, 0.6) is 0 Å². The Labute approximate surface area is 114 Å². The summed E-state index contributed by atoms with van der Waals surface area (Å²) in [5.74, 6) is -0.629. The number of halogens is 4. The fraction of sp³-hybridized carbons (Fsp3) is 0.308. The quantitative estimate of drug-likeness (QED) is 0.391. The monoisotopic (exact) mass is 289 g/mol. The molecule has 0 spiro atoms. The molecule has 7 heteroatoms. The molecule has 0 aliphatic heterocycles. The Morgan fingerprint density at radius 3 is 2.55 bits per heavy atom. The van der Waals surface area contributed by atoms with Crippen LogP contribution in [0.1, 0.15) is 12.5 Å². The largest absolute Gasteiger partial charge is 0.407 e. The molecule has 0 bridgehead atoms. The minimum Gasteiger partial charge on any atom is -0.304 e. The van der Waals surface area contributed by atoms with Crippen molar-refractivity contribution in [2.45, 2.75) is 13.1 Å². The third-order valence-electron chi connectivity index (χ3n) is 2.51. The van der Waals surface area contributed by atoms with Crippen molar-refractivity contribution >= 4 is 5.57 Å². The number of nitrogens with zero attached hydrogens (tertiary/aromatic N) is 2. The van der Waals surface area contributed by atoms with E-state index in [1.807, 2.05) is 0 Å². The Morgan fingerprint density at radius 2 is 2.10 bits per heavy atom. The predicted molar refractivity (Wildman–Crippen MR) is 68.8 cm³/mol. The van der Waals surface area contributed by atoms with Gasteiger partial charge in [0.2, 0.25) is 5.95 Å². The van der Waals surface area contributed by atoms with Crippen LogP contribution in [0.25, 0.3) is 5.57 Å². The van der Waals surface area contributed by atoms with Gasteiger partial charge in [-0.1, -0.05) is 6.58 Å². The van der Waals surface area contributed by atoms with Gasteiger partial charge in [-0.05, 0) is 36.3 Å². The van der Waals surface area contributed by atoms with Gasteiger partial charge in [0.25, 0.3) is 0 Å². The molecule has 0 saturated heterocycles. The summed E-state index contributed by atoms with van der Waals surface area (Å²) < 4.78 is 49.8. The van der Waals surface area contributed by atoms with Gasteiger partial charge in [0.05, 0.1) is 0 Å². The molecule has 1 heterocycles. The van der Waals surface area contributed by atoms with Gasteiger partial charge in [-0.2, -0.15) is 17.6 Å². The number of rotatable bonds is 5. The van der Waals surface area contributed by atoms with Crippen LogP contribution in [0.3, 0.4) is 0 Å². The van der Waals surface area contributed by atoms with Crippen molar-refractivity contribution in [3.8, 4) is 0 Å². The maximum atomic E-state index is 12.7. The van der Waals surface area contributed by atoms with E-state index in [1.54, 1.807) is 0 Å². The summed E-state index contributed by atoms with van der Waals surface area (Å²) in [5.41, 5.74) is 3.76. The minimum atomic E-state index is -4.32. The summed E-state index contributed by atoms with van der Waals surface area (Å²) >= 11 is 0. The molecular formula is C13H15F4N3. The van der Waals surface area contributed by atoms with E-state index in [0.29, 0.717) is 16.8 Å². The van der Waals surface area contributed by atoms with Gasteiger partial charge in [-0.25, -0.2) is 10.4 Å². The van der Waals surface area contributed by atoms with Crippen molar-refractivity contribution in [3.05, 3.63) is 48.2 Å². The molecule has 20 heavy (non-hydrogen) atoms. The third-order valence-corrected chi connectivity index (χ3v) is 2.51. The molecule has 0 fully saturated rings. The van der Waals surface area contributed by atoms with Crippen LogP contribution in [0.15, 0.2) is 36.7 Å². The molecule has 0 unspecified atom stereocenters. The molecule has 0 aliphatic carbocycles. The van der Waals surface area contributed by atoms with E-state index in [0.717, 1.165) is 11.1 Å². The highest BCUT2D eigenvalue weighted by molar-refractivity contribution is 5.71. The van der Waals surface area contributed by atoms with Crippen LogP contribution in [0.2, 0.25) is 0 Å². The summed E-state index contributed by atoms with van der Waals surface area (Å²) in [7, 11) is 1.39. The molecule has 1 aromatic rings. The molecule has 3 nitrogen and oxygen atoms in total. The first-order valence-electron chi connectivity index (χ1n) is 5.73. The maximum absolute atomic E-state index is 12.7. The lowest BCUT2D eigenvalue weighted by Crippen LogP contribution is -2.40. The Hall–Kier alpha value is -1.89. The fourth-order valence-corrected chi connectivity index (χ4v) is 1.54. The van der Waals surface area contributed by atoms with Crippen molar-refractivity contribution in [2.75, 3.05) is 13.6 Å². The van der Waals surface area contributed by atoms with Gasteiger partial charge in [-0.3, -0.25) is 0 Å². The van der Waals surface area contributed by atoms with Crippen molar-refractivity contribution in [1.29, 1.82) is 0 Å². The van der Waals surface area contributed by atoms with Crippen molar-refractivity contribution < 1.29 is 17.6 Å². The van der Waals surface area contributed by atoms with Gasteiger partial charge < -0.3 is 5.01 Å². The Morgan fingerprint density at radius 1 is 1.45 bits per heavy atom. The number of alkyl halides is 3. The van der Waals surface area contributed by atoms with Crippen molar-refractivity contribution in [1.82, 2.24) is 15.4 Å². The Balaban J connectivity index is 2.85. The lowest BCUT2D eigenvalue weighted by atomic mass is 10.1. The lowest BCUT2D eigenvalue weighted by Gasteiger charge is -2.25. The van der Waals surface area contributed by atoms with E-state index in [9.17, 15) is 17.6 Å². The summed E-state index contributed by atoms with van der Waals surface area (Å²) in [4.78, 5) is 3.47. The summed E-state index contributed by atoms with van der Waals surface area (Å²) in [5, 5.41) is 0.947. The SMILES string of the molecule is C=C(/C=C(\C)N(CC(F)(F)F)NC)c1ccc(F)nc1. The van der Waals surface area contributed by atoms with Crippen molar-refractivity contribution in [3.63, 3.8) is 0 Å². The molecule has 0 aliphatic rings. The zero-order chi connectivity index (χ0) is 15.3. The maximum Gasteiger partial charge on any atom is 0.407 e. The molecule has 1 N–H and O–H groups in total. The summed E-state index contributed by atoms with van der Waals surface area (Å²) in [6.45, 7) is 4.13. The van der Waals surface area contributed by atoms with Crippen LogP contribution >= 0.6 is 0 Å². The van der Waals surface area contributed by atoms with Gasteiger partial charge in [0.15, 0.2) is 0 Å². The molecule has 1 rings (SSSR count). The molecule has 0 atom stereocenters. The highest BCUT2D eigenvalue weighted by atomic mass is 19.4. The second-order valence-corrected chi connectivity index (χ2v) is 4.11. The van der Waals surface area contributed by atoms with Crippen LogP contribution in [-0.4, -0.2) is 29.8 Å². The number of pyridine rings is 1. The first-order chi connectivity index (χ1) is 9.23. The molecule has 0 radical (unpaired) electrons. The number of hydrogen-bond donors (Lipinski definition) is 1. The number of hydrogen-bond acceptors (Lipinski definition) is 3. The molecule has 0 amide bonds. The van der Waals surface area contributed by atoms with Crippen LogP contribution in [0, 0.1) is 5.95 Å². The summed E-state index contributed by atoms with van der Waals surface area (Å²) in [6, 6.07) is 2.62. The second-order valence-electron chi connectivity index (χ2n) is 4.11. The van der Waals surface area contributed by atoms with E-state index in [2.05, 4.69) is 17.0 Å². The molecule has 0 saturated carbocycles.